The van der Waals surface area contributed by atoms with Gasteiger partial charge in [0.15, 0.2) is 17.1 Å². The third kappa shape index (κ3) is 3.01. The number of imidazole rings is 1. The second kappa shape index (κ2) is 6.99. The number of phenols is 3. The molecule has 0 fully saturated rings. The Labute approximate surface area is 160 Å². The van der Waals surface area contributed by atoms with Gasteiger partial charge < -0.3 is 25.4 Å². The van der Waals surface area contributed by atoms with Crippen LogP contribution in [0.1, 0.15) is 5.56 Å². The molecule has 0 bridgehead atoms. The van der Waals surface area contributed by atoms with Crippen LogP contribution in [-0.2, 0) is 6.54 Å². The number of methoxy groups -OCH3 is 1. The SMILES string of the molecule is COc1cccc(CNc2c(-c3ccc(O)c(O)c3O)nc3cnccn23)c1. The van der Waals surface area contributed by atoms with Crippen LogP contribution in [0.2, 0.25) is 0 Å². The minimum Gasteiger partial charge on any atom is -0.504 e. The van der Waals surface area contributed by atoms with Gasteiger partial charge in [0.05, 0.1) is 13.3 Å². The van der Waals surface area contributed by atoms with E-state index in [-0.39, 0.29) is 5.56 Å². The van der Waals surface area contributed by atoms with Crippen LogP contribution in [0.3, 0.4) is 0 Å². The number of rotatable bonds is 5. The fourth-order valence-corrected chi connectivity index (χ4v) is 2.99. The smallest absolute Gasteiger partial charge is 0.200 e. The minimum absolute atomic E-state index is 0.284. The Morgan fingerprint density at radius 3 is 2.79 bits per heavy atom. The number of aromatic nitrogens is 3. The molecular weight excluding hydrogens is 360 g/mol. The molecule has 0 aliphatic heterocycles. The first-order valence-corrected chi connectivity index (χ1v) is 8.51. The van der Waals surface area contributed by atoms with Crippen molar-refractivity contribution in [3.05, 3.63) is 60.6 Å². The fourth-order valence-electron chi connectivity index (χ4n) is 2.99. The van der Waals surface area contributed by atoms with Gasteiger partial charge in [-0.3, -0.25) is 9.38 Å². The van der Waals surface area contributed by atoms with E-state index in [0.29, 0.717) is 23.7 Å². The summed E-state index contributed by atoms with van der Waals surface area (Å²) < 4.78 is 7.05. The second-order valence-corrected chi connectivity index (χ2v) is 6.15. The molecule has 2 heterocycles. The highest BCUT2D eigenvalue weighted by Gasteiger charge is 2.20. The zero-order valence-electron chi connectivity index (χ0n) is 15.0. The molecule has 4 aromatic rings. The second-order valence-electron chi connectivity index (χ2n) is 6.15. The zero-order valence-corrected chi connectivity index (χ0v) is 15.0. The summed E-state index contributed by atoms with van der Waals surface area (Å²) >= 11 is 0. The van der Waals surface area contributed by atoms with E-state index >= 15 is 0 Å². The van der Waals surface area contributed by atoms with Crippen molar-refractivity contribution in [3.8, 4) is 34.3 Å². The highest BCUT2D eigenvalue weighted by atomic mass is 16.5. The van der Waals surface area contributed by atoms with E-state index in [9.17, 15) is 15.3 Å². The van der Waals surface area contributed by atoms with Crippen molar-refractivity contribution in [3.63, 3.8) is 0 Å². The third-order valence-corrected chi connectivity index (χ3v) is 4.41. The van der Waals surface area contributed by atoms with Gasteiger partial charge in [0.25, 0.3) is 0 Å². The molecule has 2 aromatic carbocycles. The van der Waals surface area contributed by atoms with Crippen LogP contribution in [0.4, 0.5) is 5.82 Å². The van der Waals surface area contributed by atoms with Crippen LogP contribution < -0.4 is 10.1 Å². The lowest BCUT2D eigenvalue weighted by atomic mass is 10.1. The monoisotopic (exact) mass is 378 g/mol. The number of hydrogen-bond acceptors (Lipinski definition) is 7. The van der Waals surface area contributed by atoms with Crippen molar-refractivity contribution in [2.45, 2.75) is 6.54 Å². The Bertz CT molecular complexity index is 1160. The highest BCUT2D eigenvalue weighted by Crippen LogP contribution is 2.44. The summed E-state index contributed by atoms with van der Waals surface area (Å²) in [7, 11) is 1.61. The van der Waals surface area contributed by atoms with Crippen molar-refractivity contribution in [2.24, 2.45) is 0 Å². The van der Waals surface area contributed by atoms with Crippen LogP contribution in [0.25, 0.3) is 16.9 Å². The summed E-state index contributed by atoms with van der Waals surface area (Å²) in [6, 6.07) is 10.4. The van der Waals surface area contributed by atoms with Crippen molar-refractivity contribution in [1.82, 2.24) is 14.4 Å². The fraction of sp³-hybridized carbons (Fsp3) is 0.100. The molecule has 0 saturated heterocycles. The Balaban J connectivity index is 1.79. The molecule has 0 aliphatic rings. The van der Waals surface area contributed by atoms with Gasteiger partial charge in [-0.15, -0.1) is 0 Å². The molecule has 28 heavy (non-hydrogen) atoms. The first-order valence-electron chi connectivity index (χ1n) is 8.51. The summed E-state index contributed by atoms with van der Waals surface area (Å²) in [5.74, 6) is -0.0756. The first kappa shape index (κ1) is 17.5. The van der Waals surface area contributed by atoms with Gasteiger partial charge in [-0.25, -0.2) is 4.98 Å². The average molecular weight is 378 g/mol. The number of anilines is 1. The van der Waals surface area contributed by atoms with Crippen molar-refractivity contribution in [1.29, 1.82) is 0 Å². The summed E-state index contributed by atoms with van der Waals surface area (Å²) in [5, 5.41) is 33.1. The van der Waals surface area contributed by atoms with Gasteiger partial charge in [-0.05, 0) is 29.8 Å². The average Bonchev–Trinajstić information content (AvgIpc) is 3.09. The van der Waals surface area contributed by atoms with E-state index in [1.807, 2.05) is 24.3 Å². The van der Waals surface area contributed by atoms with Crippen LogP contribution in [0.5, 0.6) is 23.0 Å². The van der Waals surface area contributed by atoms with Gasteiger partial charge in [0.1, 0.15) is 17.3 Å². The highest BCUT2D eigenvalue weighted by molar-refractivity contribution is 5.82. The maximum absolute atomic E-state index is 10.3. The molecule has 4 rings (SSSR count). The third-order valence-electron chi connectivity index (χ3n) is 4.41. The molecule has 0 saturated carbocycles. The summed E-state index contributed by atoms with van der Waals surface area (Å²) in [4.78, 5) is 8.60. The molecule has 0 spiro atoms. The molecule has 2 aromatic heterocycles. The number of benzene rings is 2. The maximum Gasteiger partial charge on any atom is 0.200 e. The van der Waals surface area contributed by atoms with Gasteiger partial charge in [0, 0.05) is 24.5 Å². The lowest BCUT2D eigenvalue weighted by Gasteiger charge is -2.11. The van der Waals surface area contributed by atoms with E-state index < -0.39 is 17.2 Å². The molecule has 0 unspecified atom stereocenters. The van der Waals surface area contributed by atoms with Gasteiger partial charge in [-0.1, -0.05) is 12.1 Å². The topological polar surface area (TPSA) is 112 Å². The molecule has 0 radical (unpaired) electrons. The molecule has 0 amide bonds. The summed E-state index contributed by atoms with van der Waals surface area (Å²) in [6.45, 7) is 0.477. The quantitative estimate of drug-likeness (QED) is 0.395. The number of phenolic OH excluding ortho intramolecular Hbond substituents is 3. The van der Waals surface area contributed by atoms with Crippen LogP contribution in [0.15, 0.2) is 55.0 Å². The standard InChI is InChI=1S/C20H18N4O4/c1-28-13-4-2-3-12(9-13)10-22-20-17(23-16-11-21-7-8-24(16)20)14-5-6-15(25)19(27)18(14)26/h2-9,11,22,25-27H,10H2,1H3. The van der Waals surface area contributed by atoms with Gasteiger partial charge in [0.2, 0.25) is 5.75 Å². The lowest BCUT2D eigenvalue weighted by molar-refractivity contribution is 0.369. The Kier molecular flexibility index (Phi) is 4.36. The number of nitrogens with one attached hydrogen (secondary N) is 1. The van der Waals surface area contributed by atoms with Crippen molar-refractivity contribution >= 4 is 11.5 Å². The molecule has 8 heteroatoms. The first-order chi connectivity index (χ1) is 13.6. The van der Waals surface area contributed by atoms with E-state index in [2.05, 4.69) is 15.3 Å². The summed E-state index contributed by atoms with van der Waals surface area (Å²) in [5.41, 5.74) is 2.26. The molecule has 0 aliphatic carbocycles. The van der Waals surface area contributed by atoms with E-state index in [1.54, 1.807) is 30.1 Å². The van der Waals surface area contributed by atoms with Gasteiger partial charge in [-0.2, -0.15) is 0 Å². The summed E-state index contributed by atoms with van der Waals surface area (Å²) in [6.07, 6.45) is 4.97. The molecule has 142 valence electrons. The number of aromatic hydroxyl groups is 3. The minimum atomic E-state index is -0.591. The molecule has 8 nitrogen and oxygen atoms in total. The van der Waals surface area contributed by atoms with E-state index in [1.165, 1.54) is 12.1 Å². The zero-order chi connectivity index (χ0) is 19.7. The maximum atomic E-state index is 10.3. The Morgan fingerprint density at radius 2 is 1.96 bits per heavy atom. The Hall–Kier alpha value is -3.94. The molecular formula is C20H18N4O4. The largest absolute Gasteiger partial charge is 0.504 e. The van der Waals surface area contributed by atoms with Crippen molar-refractivity contribution in [2.75, 3.05) is 12.4 Å². The Morgan fingerprint density at radius 1 is 1.11 bits per heavy atom. The predicted molar refractivity (Wildman–Crippen MR) is 104 cm³/mol. The normalized spacial score (nSPS) is 10.9. The number of fused-ring (bicyclic) bond motifs is 1. The van der Waals surface area contributed by atoms with E-state index in [4.69, 9.17) is 4.74 Å². The van der Waals surface area contributed by atoms with Crippen LogP contribution in [0, 0.1) is 0 Å². The van der Waals surface area contributed by atoms with Crippen molar-refractivity contribution < 1.29 is 20.1 Å². The number of hydrogen-bond donors (Lipinski definition) is 4. The number of nitrogens with zero attached hydrogens (tertiary/aromatic N) is 3. The van der Waals surface area contributed by atoms with E-state index in [0.717, 1.165) is 11.3 Å². The van der Waals surface area contributed by atoms with Crippen LogP contribution >= 0.6 is 0 Å². The van der Waals surface area contributed by atoms with Crippen LogP contribution in [-0.4, -0.2) is 36.8 Å². The molecule has 0 atom stereocenters. The predicted octanol–water partition coefficient (Wildman–Crippen LogP) is 3.13. The molecule has 4 N–H and O–H groups in total. The lowest BCUT2D eigenvalue weighted by Crippen LogP contribution is -2.03. The van der Waals surface area contributed by atoms with Gasteiger partial charge >= 0.3 is 0 Å². The number of ether oxygens (including phenoxy) is 1.